The highest BCUT2D eigenvalue weighted by Crippen LogP contribution is 2.19. The van der Waals surface area contributed by atoms with Gasteiger partial charge < -0.3 is 15.1 Å². The molecule has 1 unspecified atom stereocenters. The summed E-state index contributed by atoms with van der Waals surface area (Å²) in [6, 6.07) is 13.1. The number of carbonyl (C=O) groups is 2. The standard InChI is InChI=1S/C20H20FN3O3/c1-22-19(25)14-8-6-13(7-9-14)12-24(2)20(26)18-11-17(23-27-18)15-4-3-5-16(21)10-15/h3-10,18H,11-12H2,1-2H3,(H,22,25). The maximum atomic E-state index is 13.4. The van der Waals surface area contributed by atoms with Crippen molar-refractivity contribution >= 4 is 17.5 Å². The Labute approximate surface area is 156 Å². The highest BCUT2D eigenvalue weighted by atomic mass is 19.1. The first kappa shape index (κ1) is 18.6. The number of hydrogen-bond acceptors (Lipinski definition) is 4. The van der Waals surface area contributed by atoms with E-state index in [4.69, 9.17) is 4.84 Å². The number of nitrogens with one attached hydrogen (secondary N) is 1. The quantitative estimate of drug-likeness (QED) is 0.879. The van der Waals surface area contributed by atoms with Crippen molar-refractivity contribution in [2.75, 3.05) is 14.1 Å². The van der Waals surface area contributed by atoms with Gasteiger partial charge in [0.15, 0.2) is 0 Å². The molecule has 27 heavy (non-hydrogen) atoms. The number of likely N-dealkylation sites (N-methyl/N-ethyl adjacent to an activating group) is 1. The molecule has 0 saturated carbocycles. The third kappa shape index (κ3) is 4.31. The number of hydrogen-bond donors (Lipinski definition) is 1. The van der Waals surface area contributed by atoms with E-state index in [1.165, 1.54) is 12.1 Å². The molecule has 0 saturated heterocycles. The summed E-state index contributed by atoms with van der Waals surface area (Å²) < 4.78 is 13.4. The second-order valence-corrected chi connectivity index (χ2v) is 6.32. The zero-order valence-corrected chi connectivity index (χ0v) is 15.1. The summed E-state index contributed by atoms with van der Waals surface area (Å²) in [7, 11) is 3.25. The van der Waals surface area contributed by atoms with Crippen molar-refractivity contribution in [2.45, 2.75) is 19.1 Å². The van der Waals surface area contributed by atoms with Crippen molar-refractivity contribution in [1.29, 1.82) is 0 Å². The molecule has 1 atom stereocenters. The third-order valence-corrected chi connectivity index (χ3v) is 4.34. The summed E-state index contributed by atoms with van der Waals surface area (Å²) >= 11 is 0. The van der Waals surface area contributed by atoms with Crippen molar-refractivity contribution in [3.8, 4) is 0 Å². The van der Waals surface area contributed by atoms with E-state index >= 15 is 0 Å². The molecule has 7 heteroatoms. The van der Waals surface area contributed by atoms with Crippen molar-refractivity contribution in [3.05, 3.63) is 71.0 Å². The van der Waals surface area contributed by atoms with E-state index < -0.39 is 6.10 Å². The predicted octanol–water partition coefficient (Wildman–Crippen LogP) is 2.34. The van der Waals surface area contributed by atoms with Crippen LogP contribution in [0.5, 0.6) is 0 Å². The number of carbonyl (C=O) groups excluding carboxylic acids is 2. The molecule has 2 amide bonds. The van der Waals surface area contributed by atoms with Gasteiger partial charge in [0.05, 0.1) is 5.71 Å². The van der Waals surface area contributed by atoms with Crippen molar-refractivity contribution in [1.82, 2.24) is 10.2 Å². The SMILES string of the molecule is CNC(=O)c1ccc(CN(C)C(=O)C2CC(c3cccc(F)c3)=NO2)cc1. The average Bonchev–Trinajstić information content (AvgIpc) is 3.17. The van der Waals surface area contributed by atoms with E-state index in [0.717, 1.165) is 5.56 Å². The Morgan fingerprint density at radius 3 is 2.67 bits per heavy atom. The fourth-order valence-electron chi connectivity index (χ4n) is 2.85. The molecule has 3 rings (SSSR count). The molecule has 0 aromatic heterocycles. The zero-order chi connectivity index (χ0) is 19.4. The molecule has 0 aliphatic carbocycles. The van der Waals surface area contributed by atoms with Crippen molar-refractivity contribution in [3.63, 3.8) is 0 Å². The number of rotatable bonds is 5. The Morgan fingerprint density at radius 1 is 1.26 bits per heavy atom. The minimum Gasteiger partial charge on any atom is -0.382 e. The van der Waals surface area contributed by atoms with Crippen molar-refractivity contribution in [2.24, 2.45) is 5.16 Å². The number of nitrogens with zero attached hydrogens (tertiary/aromatic N) is 2. The Bertz CT molecular complexity index is 880. The number of halogens is 1. The monoisotopic (exact) mass is 369 g/mol. The lowest BCUT2D eigenvalue weighted by molar-refractivity contribution is -0.141. The maximum absolute atomic E-state index is 13.4. The summed E-state index contributed by atoms with van der Waals surface area (Å²) in [6.07, 6.45) is -0.430. The Hall–Kier alpha value is -3.22. The number of amides is 2. The lowest BCUT2D eigenvalue weighted by Gasteiger charge is -2.20. The van der Waals surface area contributed by atoms with Crippen molar-refractivity contribution < 1.29 is 18.8 Å². The Balaban J connectivity index is 1.59. The molecule has 2 aromatic rings. The summed E-state index contributed by atoms with van der Waals surface area (Å²) in [5.74, 6) is -0.727. The van der Waals surface area contributed by atoms with Gasteiger partial charge in [-0.25, -0.2) is 4.39 Å². The van der Waals surface area contributed by atoms with Gasteiger partial charge in [0, 0.05) is 38.2 Å². The highest BCUT2D eigenvalue weighted by molar-refractivity contribution is 6.04. The lowest BCUT2D eigenvalue weighted by atomic mass is 10.0. The van der Waals surface area contributed by atoms with Crippen LogP contribution in [-0.2, 0) is 16.2 Å². The third-order valence-electron chi connectivity index (χ3n) is 4.34. The molecule has 0 radical (unpaired) electrons. The van der Waals surface area contributed by atoms with Crippen LogP contribution in [0.3, 0.4) is 0 Å². The van der Waals surface area contributed by atoms with Gasteiger partial charge in [0.25, 0.3) is 11.8 Å². The molecular weight excluding hydrogens is 349 g/mol. The van der Waals surface area contributed by atoms with E-state index in [9.17, 15) is 14.0 Å². The average molecular weight is 369 g/mol. The first-order valence-corrected chi connectivity index (χ1v) is 8.52. The molecule has 0 fully saturated rings. The van der Waals surface area contributed by atoms with Crippen LogP contribution in [0.1, 0.15) is 27.9 Å². The topological polar surface area (TPSA) is 71.0 Å². The van der Waals surface area contributed by atoms with Gasteiger partial charge in [-0.15, -0.1) is 0 Å². The molecular formula is C20H20FN3O3. The largest absolute Gasteiger partial charge is 0.382 e. The maximum Gasteiger partial charge on any atom is 0.266 e. The van der Waals surface area contributed by atoms with Gasteiger partial charge in [-0.3, -0.25) is 9.59 Å². The Kier molecular flexibility index (Phi) is 5.49. The van der Waals surface area contributed by atoms with Crippen LogP contribution in [0.25, 0.3) is 0 Å². The van der Waals surface area contributed by atoms with E-state index in [1.54, 1.807) is 55.4 Å². The van der Waals surface area contributed by atoms with E-state index in [0.29, 0.717) is 29.8 Å². The lowest BCUT2D eigenvalue weighted by Crippen LogP contribution is -2.36. The van der Waals surface area contributed by atoms with Crippen LogP contribution in [-0.4, -0.2) is 42.6 Å². The van der Waals surface area contributed by atoms with Crippen LogP contribution < -0.4 is 5.32 Å². The van der Waals surface area contributed by atoms with Gasteiger partial charge in [0.1, 0.15) is 5.82 Å². The predicted molar refractivity (Wildman–Crippen MR) is 98.7 cm³/mol. The van der Waals surface area contributed by atoms with Crippen LogP contribution in [0.15, 0.2) is 53.7 Å². The van der Waals surface area contributed by atoms with E-state index in [2.05, 4.69) is 10.5 Å². The van der Waals surface area contributed by atoms with Gasteiger partial charge in [-0.1, -0.05) is 29.4 Å². The van der Waals surface area contributed by atoms with E-state index in [-0.39, 0.29) is 17.6 Å². The fraction of sp³-hybridized carbons (Fsp3) is 0.250. The molecule has 140 valence electrons. The van der Waals surface area contributed by atoms with Crippen LogP contribution >= 0.6 is 0 Å². The second-order valence-electron chi connectivity index (χ2n) is 6.32. The molecule has 1 heterocycles. The minimum atomic E-state index is -0.724. The highest BCUT2D eigenvalue weighted by Gasteiger charge is 2.31. The second kappa shape index (κ2) is 7.99. The zero-order valence-electron chi connectivity index (χ0n) is 15.1. The first-order chi connectivity index (χ1) is 13.0. The number of benzene rings is 2. The normalized spacial score (nSPS) is 15.7. The van der Waals surface area contributed by atoms with Gasteiger partial charge >= 0.3 is 0 Å². The fourth-order valence-corrected chi connectivity index (χ4v) is 2.85. The summed E-state index contributed by atoms with van der Waals surface area (Å²) in [4.78, 5) is 31.0. The minimum absolute atomic E-state index is 0.160. The number of oxime groups is 1. The smallest absolute Gasteiger partial charge is 0.266 e. The molecule has 2 aromatic carbocycles. The van der Waals surface area contributed by atoms with E-state index in [1.807, 2.05) is 0 Å². The molecule has 6 nitrogen and oxygen atoms in total. The summed E-state index contributed by atoms with van der Waals surface area (Å²) in [5, 5.41) is 6.50. The van der Waals surface area contributed by atoms with Crippen LogP contribution in [0.4, 0.5) is 4.39 Å². The van der Waals surface area contributed by atoms with Gasteiger partial charge in [0.2, 0.25) is 6.10 Å². The molecule has 1 aliphatic heterocycles. The first-order valence-electron chi connectivity index (χ1n) is 8.52. The summed E-state index contributed by atoms with van der Waals surface area (Å²) in [5.41, 5.74) is 2.61. The van der Waals surface area contributed by atoms with Crippen LogP contribution in [0, 0.1) is 5.82 Å². The molecule has 0 spiro atoms. The van der Waals surface area contributed by atoms with Crippen LogP contribution in [0.2, 0.25) is 0 Å². The van der Waals surface area contributed by atoms with Gasteiger partial charge in [-0.05, 0) is 29.8 Å². The van der Waals surface area contributed by atoms with Gasteiger partial charge in [-0.2, -0.15) is 0 Å². The molecule has 1 aliphatic rings. The Morgan fingerprint density at radius 2 is 2.00 bits per heavy atom. The molecule has 0 bridgehead atoms. The molecule has 1 N–H and O–H groups in total. The summed E-state index contributed by atoms with van der Waals surface area (Å²) in [6.45, 7) is 0.377.